The molecule has 1 fully saturated rings. The second kappa shape index (κ2) is 24.9. The van der Waals surface area contributed by atoms with E-state index in [-0.39, 0.29) is 60.9 Å². The van der Waals surface area contributed by atoms with Crippen molar-refractivity contribution in [1.82, 2.24) is 20.5 Å². The molecule has 0 radical (unpaired) electrons. The fraction of sp³-hybridized carbons (Fsp3) is 0.481. The molecule has 0 aliphatic carbocycles. The van der Waals surface area contributed by atoms with Crippen LogP contribution in [0.5, 0.6) is 0 Å². The first kappa shape index (κ1) is 53.8. The Morgan fingerprint density at radius 2 is 1.42 bits per heavy atom. The molecule has 3 aromatic carbocycles. The van der Waals surface area contributed by atoms with E-state index in [9.17, 15) is 38.3 Å². The van der Waals surface area contributed by atoms with Gasteiger partial charge < -0.3 is 36.0 Å². The molecule has 372 valence electrons. The van der Waals surface area contributed by atoms with E-state index in [4.69, 9.17) is 4.74 Å². The van der Waals surface area contributed by atoms with Crippen molar-refractivity contribution in [3.05, 3.63) is 94.9 Å². The van der Waals surface area contributed by atoms with E-state index in [1.165, 1.54) is 11.0 Å². The van der Waals surface area contributed by atoms with Crippen LogP contribution in [-0.4, -0.2) is 81.0 Å². The van der Waals surface area contributed by atoms with E-state index in [1.807, 2.05) is 57.5 Å². The van der Waals surface area contributed by atoms with Gasteiger partial charge in [0.2, 0.25) is 23.6 Å². The van der Waals surface area contributed by atoms with Gasteiger partial charge in [-0.1, -0.05) is 83.6 Å². The van der Waals surface area contributed by atoms with Crippen LogP contribution in [0.4, 0.5) is 26.2 Å². The molecule has 1 aromatic heterocycles. The van der Waals surface area contributed by atoms with Gasteiger partial charge in [0.05, 0.1) is 33.6 Å². The number of nitrogens with zero attached hydrogens (tertiary/aromatic N) is 2. The molecule has 6 N–H and O–H groups in total. The lowest BCUT2D eigenvalue weighted by Crippen LogP contribution is -2.57. The lowest BCUT2D eigenvalue weighted by atomic mass is 9.85. The van der Waals surface area contributed by atoms with Gasteiger partial charge in [-0.25, -0.2) is 14.2 Å². The quantitative estimate of drug-likeness (QED) is 0.0439. The lowest BCUT2D eigenvalue weighted by Gasteiger charge is -2.35. The van der Waals surface area contributed by atoms with E-state index >= 15 is 0 Å². The minimum absolute atomic E-state index is 0.0115. The van der Waals surface area contributed by atoms with Crippen LogP contribution in [0.1, 0.15) is 134 Å². The number of anilines is 3. The van der Waals surface area contributed by atoms with Crippen molar-refractivity contribution in [3.63, 3.8) is 0 Å². The summed E-state index contributed by atoms with van der Waals surface area (Å²) < 4.78 is 19.2. The van der Waals surface area contributed by atoms with E-state index in [2.05, 4.69) is 31.6 Å². The first-order valence-corrected chi connectivity index (χ1v) is 24.6. The second-order valence-electron chi connectivity index (χ2n) is 19.7. The minimum Gasteiger partial charge on any atom is -0.444 e. The van der Waals surface area contributed by atoms with Gasteiger partial charge in [-0.05, 0) is 99.5 Å². The van der Waals surface area contributed by atoms with Crippen molar-refractivity contribution in [1.29, 1.82) is 0 Å². The fourth-order valence-corrected chi connectivity index (χ4v) is 8.72. The number of carbonyl (C=O) groups excluding carboxylic acids is 6. The van der Waals surface area contributed by atoms with Crippen LogP contribution in [0.2, 0.25) is 0 Å². The third-order valence-electron chi connectivity index (χ3n) is 11.6. The number of carbonyl (C=O) groups is 6. The van der Waals surface area contributed by atoms with Crippen molar-refractivity contribution in [2.24, 2.45) is 5.41 Å². The number of unbranched alkanes of at least 4 members (excludes halogenated alkanes) is 7. The number of β-amino-alcohol motifs (C(OH)–C–C–N with tert-alkyl or cyclic N) is 1. The first-order valence-electron chi connectivity index (χ1n) is 23.7. The molecule has 3 atom stereocenters. The Bertz CT molecular complexity index is 2390. The van der Waals surface area contributed by atoms with Crippen LogP contribution in [0.25, 0.3) is 10.4 Å². The number of nitrogens with one attached hydrogen (secondary N) is 5. The number of aliphatic hydroxyl groups is 1. The lowest BCUT2D eigenvalue weighted by molar-refractivity contribution is -0.144. The molecule has 2 heterocycles. The number of aryl methyl sites for hydroxylation is 1. The summed E-state index contributed by atoms with van der Waals surface area (Å²) in [6, 6.07) is 16.1. The number of thiazole rings is 1. The highest BCUT2D eigenvalue weighted by atomic mass is 32.1. The zero-order chi connectivity index (χ0) is 50.3. The summed E-state index contributed by atoms with van der Waals surface area (Å²) in [5, 5.41) is 24.4. The van der Waals surface area contributed by atoms with Crippen LogP contribution in [0, 0.1) is 18.2 Å². The molecule has 0 spiro atoms. The maximum absolute atomic E-state index is 14.0. The Morgan fingerprint density at radius 3 is 2.01 bits per heavy atom. The third-order valence-corrected chi connectivity index (χ3v) is 12.5. The Hall–Kier alpha value is -6.20. The minimum atomic E-state index is -0.878. The van der Waals surface area contributed by atoms with Gasteiger partial charge in [-0.15, -0.1) is 11.3 Å². The van der Waals surface area contributed by atoms with E-state index < -0.39 is 47.0 Å². The van der Waals surface area contributed by atoms with Crippen molar-refractivity contribution >= 4 is 64.0 Å². The molecule has 15 nitrogen and oxygen atoms in total. The predicted octanol–water partition coefficient (Wildman–Crippen LogP) is 9.51. The summed E-state index contributed by atoms with van der Waals surface area (Å²) in [6.45, 7) is 12.9. The van der Waals surface area contributed by atoms with Gasteiger partial charge in [-0.2, -0.15) is 0 Å². The zero-order valence-corrected chi connectivity index (χ0v) is 41.7. The summed E-state index contributed by atoms with van der Waals surface area (Å²) in [5.41, 5.74) is 4.37. The molecule has 5 rings (SSSR count). The standard InChI is InChI=1S/C52H68FN7O8S/c1-33-45(69-32-55-33)35-20-18-34(19-21-35)30-54-48(65)42-29-39(61)31-60(42)49(66)46(51(2,3)4)59-44(63)17-15-13-11-9-8-10-12-14-16-43(62)56-38-25-22-36(23-26-38)47(64)57-40-27-24-37(53)28-41(40)58-50(67)68-52(5,6)7/h18-28,32,39,42,46,61H,8-17,29-31H2,1-7H3,(H,54,65)(H,56,62)(H,57,64)(H,58,67)(H,59,63)/t39-,42+,46-/m1/s1. The number of ether oxygens (including phenoxy) is 1. The number of hydrogen-bond acceptors (Lipinski definition) is 10. The highest BCUT2D eigenvalue weighted by Gasteiger charge is 2.44. The Labute approximate surface area is 408 Å². The summed E-state index contributed by atoms with van der Waals surface area (Å²) in [5.74, 6) is -2.20. The normalized spacial score (nSPS) is 15.2. The van der Waals surface area contributed by atoms with Gasteiger partial charge in [0, 0.05) is 43.6 Å². The van der Waals surface area contributed by atoms with Crippen LogP contribution in [0.3, 0.4) is 0 Å². The first-order chi connectivity index (χ1) is 32.7. The van der Waals surface area contributed by atoms with Gasteiger partial charge in [0.15, 0.2) is 0 Å². The number of aliphatic hydroxyl groups excluding tert-OH is 1. The SMILES string of the molecule is Cc1ncsc1-c1ccc(CNC(=O)[C@@H]2C[C@@H](O)CN2C(=O)[C@@H](NC(=O)CCCCCCCCCCC(=O)Nc2ccc(C(=O)Nc3ccc(F)cc3NC(=O)OC(C)(C)C)cc2)C(C)(C)C)cc1. The molecular weight excluding hydrogens is 902 g/mol. The Balaban J connectivity index is 0.947. The molecule has 1 aliphatic heterocycles. The number of amides is 6. The van der Waals surface area contributed by atoms with Gasteiger partial charge in [0.1, 0.15) is 23.5 Å². The van der Waals surface area contributed by atoms with Gasteiger partial charge >= 0.3 is 6.09 Å². The number of benzene rings is 3. The second-order valence-corrected chi connectivity index (χ2v) is 20.5. The molecule has 6 amide bonds. The van der Waals surface area contributed by atoms with Crippen LogP contribution < -0.4 is 26.6 Å². The smallest absolute Gasteiger partial charge is 0.412 e. The van der Waals surface area contributed by atoms with Crippen molar-refractivity contribution < 1.29 is 43.0 Å². The van der Waals surface area contributed by atoms with Crippen LogP contribution in [-0.2, 0) is 30.5 Å². The van der Waals surface area contributed by atoms with Crippen molar-refractivity contribution in [3.8, 4) is 10.4 Å². The Kier molecular flexibility index (Phi) is 19.4. The molecular formula is C52H68FN7O8S. The summed E-state index contributed by atoms with van der Waals surface area (Å²) in [4.78, 5) is 85.2. The average molecular weight is 970 g/mol. The summed E-state index contributed by atoms with van der Waals surface area (Å²) in [7, 11) is 0. The van der Waals surface area contributed by atoms with E-state index in [0.717, 1.165) is 78.8 Å². The molecule has 0 bridgehead atoms. The molecule has 69 heavy (non-hydrogen) atoms. The number of rotatable bonds is 21. The summed E-state index contributed by atoms with van der Waals surface area (Å²) in [6.07, 6.45) is 6.17. The topological polar surface area (TPSA) is 208 Å². The molecule has 1 saturated heterocycles. The predicted molar refractivity (Wildman–Crippen MR) is 267 cm³/mol. The monoisotopic (exact) mass is 969 g/mol. The molecule has 17 heteroatoms. The van der Waals surface area contributed by atoms with Crippen LogP contribution >= 0.6 is 11.3 Å². The Morgan fingerprint density at radius 1 is 0.797 bits per heavy atom. The third kappa shape index (κ3) is 17.1. The van der Waals surface area contributed by atoms with E-state index in [1.54, 1.807) is 56.4 Å². The largest absolute Gasteiger partial charge is 0.444 e. The van der Waals surface area contributed by atoms with Crippen molar-refractivity contribution in [2.75, 3.05) is 22.5 Å². The molecule has 4 aromatic rings. The van der Waals surface area contributed by atoms with E-state index in [0.29, 0.717) is 24.1 Å². The highest BCUT2D eigenvalue weighted by Crippen LogP contribution is 2.29. The molecule has 0 unspecified atom stereocenters. The van der Waals surface area contributed by atoms with Crippen LogP contribution in [0.15, 0.2) is 72.2 Å². The zero-order valence-electron chi connectivity index (χ0n) is 40.8. The maximum atomic E-state index is 14.0. The summed E-state index contributed by atoms with van der Waals surface area (Å²) >= 11 is 1.57. The molecule has 1 aliphatic rings. The number of aromatic nitrogens is 1. The average Bonchev–Trinajstić information content (AvgIpc) is 3.90. The fourth-order valence-electron chi connectivity index (χ4n) is 7.91. The van der Waals surface area contributed by atoms with Gasteiger partial charge in [-0.3, -0.25) is 29.3 Å². The highest BCUT2D eigenvalue weighted by molar-refractivity contribution is 7.13. The number of hydrogen-bond donors (Lipinski definition) is 6. The molecule has 0 saturated carbocycles. The maximum Gasteiger partial charge on any atom is 0.412 e. The van der Waals surface area contributed by atoms with Gasteiger partial charge in [0.25, 0.3) is 5.91 Å². The van der Waals surface area contributed by atoms with Crippen molar-refractivity contribution in [2.45, 2.75) is 149 Å². The number of likely N-dealkylation sites (tertiary alicyclic amines) is 1. The number of halogens is 1.